The number of nitrogens with zero attached hydrogens (tertiary/aromatic N) is 2. The van der Waals surface area contributed by atoms with Gasteiger partial charge in [-0.1, -0.05) is 36.4 Å². The van der Waals surface area contributed by atoms with Gasteiger partial charge in [-0.15, -0.1) is 0 Å². The molecule has 0 aliphatic rings. The number of aryl methyl sites for hydroxylation is 1. The molecule has 24 heavy (non-hydrogen) atoms. The summed E-state index contributed by atoms with van der Waals surface area (Å²) in [6, 6.07) is 17.3. The quantitative estimate of drug-likeness (QED) is 0.587. The molecule has 2 aromatic carbocycles. The molecule has 0 aliphatic carbocycles. The number of rotatable bonds is 5. The molecular weight excluding hydrogens is 296 g/mol. The average molecular weight is 316 g/mol. The third-order valence-corrected chi connectivity index (χ3v) is 4.27. The van der Waals surface area contributed by atoms with Gasteiger partial charge in [0.1, 0.15) is 0 Å². The van der Waals surface area contributed by atoms with Crippen LogP contribution >= 0.6 is 0 Å². The Morgan fingerprint density at radius 3 is 2.54 bits per heavy atom. The van der Waals surface area contributed by atoms with Gasteiger partial charge in [0.05, 0.1) is 6.20 Å². The fraction of sp³-hybridized carbons (Fsp3) is 0.150. The molecule has 2 aromatic heterocycles. The summed E-state index contributed by atoms with van der Waals surface area (Å²) in [5.74, 6) is 0. The molecule has 0 amide bonds. The highest BCUT2D eigenvalue weighted by atomic mass is 15.2. The zero-order valence-electron chi connectivity index (χ0n) is 13.7. The summed E-state index contributed by atoms with van der Waals surface area (Å²) in [4.78, 5) is 3.26. The van der Waals surface area contributed by atoms with Gasteiger partial charge in [-0.2, -0.15) is 5.10 Å². The van der Waals surface area contributed by atoms with Crippen molar-refractivity contribution in [1.82, 2.24) is 20.1 Å². The smallest absolute Gasteiger partial charge is 0.0568 e. The molecule has 4 heteroatoms. The molecule has 2 heterocycles. The second-order valence-corrected chi connectivity index (χ2v) is 6.10. The van der Waals surface area contributed by atoms with Gasteiger partial charge < -0.3 is 10.3 Å². The summed E-state index contributed by atoms with van der Waals surface area (Å²) in [5, 5.41) is 8.98. The van der Waals surface area contributed by atoms with E-state index in [0.717, 1.165) is 18.7 Å². The molecule has 120 valence electrons. The molecule has 0 spiro atoms. The minimum absolute atomic E-state index is 0.857. The maximum absolute atomic E-state index is 4.22. The monoisotopic (exact) mass is 316 g/mol. The largest absolute Gasteiger partial charge is 0.361 e. The first-order chi connectivity index (χ1) is 11.8. The van der Waals surface area contributed by atoms with Crippen LogP contribution in [0.25, 0.3) is 22.0 Å². The average Bonchev–Trinajstić information content (AvgIpc) is 3.24. The number of benzene rings is 2. The third kappa shape index (κ3) is 3.09. The molecule has 0 unspecified atom stereocenters. The Bertz CT molecular complexity index is 947. The molecule has 0 fully saturated rings. The summed E-state index contributed by atoms with van der Waals surface area (Å²) < 4.78 is 1.83. The maximum atomic E-state index is 4.22. The molecule has 2 N–H and O–H groups in total. The van der Waals surface area contributed by atoms with Gasteiger partial charge in [-0.25, -0.2) is 0 Å². The SMILES string of the molecule is Cn1cc(-c2ccc(CNCc3ccc4cc[nH]c4c3)cc2)cn1. The molecule has 0 bridgehead atoms. The Balaban J connectivity index is 1.37. The number of fused-ring (bicyclic) bond motifs is 1. The predicted octanol–water partition coefficient (Wildman–Crippen LogP) is 3.86. The Morgan fingerprint density at radius 2 is 1.75 bits per heavy atom. The lowest BCUT2D eigenvalue weighted by atomic mass is 10.1. The Labute approximate surface area is 141 Å². The summed E-state index contributed by atoms with van der Waals surface area (Å²) in [6.07, 6.45) is 5.90. The number of aromatic nitrogens is 3. The van der Waals surface area contributed by atoms with E-state index < -0.39 is 0 Å². The molecule has 4 rings (SSSR count). The number of nitrogens with one attached hydrogen (secondary N) is 2. The number of hydrogen-bond donors (Lipinski definition) is 2. The first kappa shape index (κ1) is 14.7. The van der Waals surface area contributed by atoms with E-state index in [9.17, 15) is 0 Å². The van der Waals surface area contributed by atoms with Crippen LogP contribution in [0.4, 0.5) is 0 Å². The minimum atomic E-state index is 0.857. The molecule has 4 aromatic rings. The van der Waals surface area contributed by atoms with Gasteiger partial charge in [0.2, 0.25) is 0 Å². The lowest BCUT2D eigenvalue weighted by Crippen LogP contribution is -2.12. The Hall–Kier alpha value is -2.85. The highest BCUT2D eigenvalue weighted by Gasteiger charge is 2.01. The van der Waals surface area contributed by atoms with E-state index in [1.54, 1.807) is 0 Å². The molecule has 4 nitrogen and oxygen atoms in total. The van der Waals surface area contributed by atoms with Gasteiger partial charge in [0.25, 0.3) is 0 Å². The van der Waals surface area contributed by atoms with E-state index in [1.807, 2.05) is 30.3 Å². The molecular formula is C20H20N4. The second kappa shape index (κ2) is 6.34. The van der Waals surface area contributed by atoms with Crippen molar-refractivity contribution in [3.8, 4) is 11.1 Å². The fourth-order valence-electron chi connectivity index (χ4n) is 2.94. The van der Waals surface area contributed by atoms with E-state index in [2.05, 4.69) is 63.9 Å². The van der Waals surface area contributed by atoms with E-state index in [0.29, 0.717) is 0 Å². The van der Waals surface area contributed by atoms with Crippen molar-refractivity contribution in [2.24, 2.45) is 7.05 Å². The van der Waals surface area contributed by atoms with Gasteiger partial charge in [0.15, 0.2) is 0 Å². The van der Waals surface area contributed by atoms with E-state index in [4.69, 9.17) is 0 Å². The van der Waals surface area contributed by atoms with Crippen LogP contribution in [0.2, 0.25) is 0 Å². The number of hydrogen-bond acceptors (Lipinski definition) is 2. The summed E-state index contributed by atoms with van der Waals surface area (Å²) in [6.45, 7) is 1.72. The van der Waals surface area contributed by atoms with Crippen molar-refractivity contribution in [2.75, 3.05) is 0 Å². The van der Waals surface area contributed by atoms with Gasteiger partial charge in [-0.3, -0.25) is 4.68 Å². The standard InChI is InChI=1S/C20H20N4/c1-24-14-19(13-23-24)17-5-2-15(3-6-17)11-21-12-16-4-7-18-8-9-22-20(18)10-16/h2-10,13-14,21-22H,11-12H2,1H3. The minimum Gasteiger partial charge on any atom is -0.361 e. The van der Waals surface area contributed by atoms with Crippen LogP contribution in [-0.2, 0) is 20.1 Å². The first-order valence-corrected chi connectivity index (χ1v) is 8.13. The highest BCUT2D eigenvalue weighted by Crippen LogP contribution is 2.19. The maximum Gasteiger partial charge on any atom is 0.0568 e. The van der Waals surface area contributed by atoms with Crippen LogP contribution in [-0.4, -0.2) is 14.8 Å². The zero-order chi connectivity index (χ0) is 16.4. The van der Waals surface area contributed by atoms with Crippen LogP contribution in [0.5, 0.6) is 0 Å². The Kier molecular flexibility index (Phi) is 3.89. The van der Waals surface area contributed by atoms with Crippen molar-refractivity contribution >= 4 is 10.9 Å². The Morgan fingerprint density at radius 1 is 0.958 bits per heavy atom. The summed E-state index contributed by atoms with van der Waals surface area (Å²) in [5.41, 5.74) is 6.11. The molecule has 0 aliphatic heterocycles. The van der Waals surface area contributed by atoms with Crippen LogP contribution in [0.3, 0.4) is 0 Å². The molecule has 0 radical (unpaired) electrons. The number of H-pyrrole nitrogens is 1. The molecule has 0 saturated carbocycles. The number of aromatic amines is 1. The van der Waals surface area contributed by atoms with Crippen LogP contribution in [0.1, 0.15) is 11.1 Å². The van der Waals surface area contributed by atoms with Gasteiger partial charge in [-0.05, 0) is 34.2 Å². The third-order valence-electron chi connectivity index (χ3n) is 4.27. The van der Waals surface area contributed by atoms with E-state index in [1.165, 1.54) is 27.6 Å². The zero-order valence-corrected chi connectivity index (χ0v) is 13.7. The van der Waals surface area contributed by atoms with Crippen LogP contribution < -0.4 is 5.32 Å². The van der Waals surface area contributed by atoms with Gasteiger partial charge in [0, 0.05) is 43.6 Å². The van der Waals surface area contributed by atoms with Crippen LogP contribution in [0.15, 0.2) is 67.1 Å². The van der Waals surface area contributed by atoms with Crippen molar-refractivity contribution in [3.63, 3.8) is 0 Å². The molecule has 0 saturated heterocycles. The first-order valence-electron chi connectivity index (χ1n) is 8.13. The topological polar surface area (TPSA) is 45.6 Å². The van der Waals surface area contributed by atoms with Crippen molar-refractivity contribution in [2.45, 2.75) is 13.1 Å². The van der Waals surface area contributed by atoms with Crippen LogP contribution in [0, 0.1) is 0 Å². The highest BCUT2D eigenvalue weighted by molar-refractivity contribution is 5.79. The van der Waals surface area contributed by atoms with Crippen molar-refractivity contribution < 1.29 is 0 Å². The summed E-state index contributed by atoms with van der Waals surface area (Å²) in [7, 11) is 1.94. The van der Waals surface area contributed by atoms with E-state index in [-0.39, 0.29) is 0 Å². The van der Waals surface area contributed by atoms with Crippen molar-refractivity contribution in [1.29, 1.82) is 0 Å². The normalized spacial score (nSPS) is 11.2. The lowest BCUT2D eigenvalue weighted by Gasteiger charge is -2.06. The fourth-order valence-corrected chi connectivity index (χ4v) is 2.94. The lowest BCUT2D eigenvalue weighted by molar-refractivity contribution is 0.694. The molecule has 0 atom stereocenters. The second-order valence-electron chi connectivity index (χ2n) is 6.10. The van der Waals surface area contributed by atoms with Crippen molar-refractivity contribution in [3.05, 3.63) is 78.2 Å². The van der Waals surface area contributed by atoms with Gasteiger partial charge >= 0.3 is 0 Å². The summed E-state index contributed by atoms with van der Waals surface area (Å²) >= 11 is 0. The predicted molar refractivity (Wildman–Crippen MR) is 97.5 cm³/mol. The van der Waals surface area contributed by atoms with E-state index >= 15 is 0 Å².